The van der Waals surface area contributed by atoms with Crippen LogP contribution in [-0.2, 0) is 0 Å². The van der Waals surface area contributed by atoms with Crippen LogP contribution >= 0.6 is 11.6 Å². The molecule has 1 fully saturated rings. The molecule has 1 aromatic carbocycles. The number of benzene rings is 1. The first-order valence-electron chi connectivity index (χ1n) is 5.92. The maximum absolute atomic E-state index is 12.2. The summed E-state index contributed by atoms with van der Waals surface area (Å²) in [6.07, 6.45) is 1.63. The van der Waals surface area contributed by atoms with Crippen molar-refractivity contribution in [2.24, 2.45) is 0 Å². The minimum Gasteiger partial charge on any atom is -0.504 e. The smallest absolute Gasteiger partial charge is 0.253 e. The van der Waals surface area contributed by atoms with Gasteiger partial charge in [-0.15, -0.1) is 11.6 Å². The lowest BCUT2D eigenvalue weighted by molar-refractivity contribution is 0.0726. The summed E-state index contributed by atoms with van der Waals surface area (Å²) in [5, 5.41) is 9.83. The van der Waals surface area contributed by atoms with Crippen molar-refractivity contribution in [2.75, 3.05) is 20.2 Å². The van der Waals surface area contributed by atoms with Crippen molar-refractivity contribution in [3.05, 3.63) is 23.8 Å². The highest BCUT2D eigenvalue weighted by atomic mass is 35.5. The molecular weight excluding hydrogens is 254 g/mol. The van der Waals surface area contributed by atoms with Crippen molar-refractivity contribution in [1.82, 2.24) is 4.90 Å². The molecule has 98 valence electrons. The number of hydrogen-bond acceptors (Lipinski definition) is 3. The Morgan fingerprint density at radius 2 is 2.11 bits per heavy atom. The van der Waals surface area contributed by atoms with Crippen molar-refractivity contribution in [1.29, 1.82) is 0 Å². The lowest BCUT2D eigenvalue weighted by Crippen LogP contribution is -2.38. The minimum atomic E-state index is -0.0727. The number of phenols is 1. The molecule has 1 amide bonds. The van der Waals surface area contributed by atoms with Crippen LogP contribution in [0.15, 0.2) is 18.2 Å². The highest BCUT2D eigenvalue weighted by molar-refractivity contribution is 6.20. The Kier molecular flexibility index (Phi) is 3.97. The second-order valence-corrected chi connectivity index (χ2v) is 4.97. The Morgan fingerprint density at radius 1 is 1.44 bits per heavy atom. The molecule has 0 radical (unpaired) electrons. The van der Waals surface area contributed by atoms with E-state index in [0.717, 1.165) is 12.8 Å². The maximum Gasteiger partial charge on any atom is 0.253 e. The molecule has 0 atom stereocenters. The Labute approximate surface area is 111 Å². The third kappa shape index (κ3) is 2.70. The average molecular weight is 270 g/mol. The van der Waals surface area contributed by atoms with Gasteiger partial charge in [-0.2, -0.15) is 0 Å². The largest absolute Gasteiger partial charge is 0.504 e. The number of alkyl halides is 1. The van der Waals surface area contributed by atoms with E-state index < -0.39 is 0 Å². The Balaban J connectivity index is 2.11. The Hall–Kier alpha value is -1.42. The first kappa shape index (κ1) is 13.0. The lowest BCUT2D eigenvalue weighted by Gasteiger charge is -2.29. The number of hydrogen-bond donors (Lipinski definition) is 1. The zero-order valence-electron chi connectivity index (χ0n) is 10.2. The summed E-state index contributed by atoms with van der Waals surface area (Å²) in [5.41, 5.74) is 0.473. The van der Waals surface area contributed by atoms with E-state index in [1.165, 1.54) is 13.2 Å². The highest BCUT2D eigenvalue weighted by Gasteiger charge is 2.22. The predicted molar refractivity (Wildman–Crippen MR) is 69.4 cm³/mol. The monoisotopic (exact) mass is 269 g/mol. The SMILES string of the molecule is COc1ccc(C(=O)N2CCC(Cl)CC2)cc1O. The summed E-state index contributed by atoms with van der Waals surface area (Å²) >= 11 is 6.00. The molecule has 0 bridgehead atoms. The quantitative estimate of drug-likeness (QED) is 0.838. The van der Waals surface area contributed by atoms with Crippen LogP contribution in [-0.4, -0.2) is 41.5 Å². The second-order valence-electron chi connectivity index (χ2n) is 4.35. The molecule has 0 spiro atoms. The zero-order valence-corrected chi connectivity index (χ0v) is 11.0. The van der Waals surface area contributed by atoms with Gasteiger partial charge in [0.05, 0.1) is 7.11 Å². The number of halogens is 1. The van der Waals surface area contributed by atoms with E-state index in [2.05, 4.69) is 0 Å². The van der Waals surface area contributed by atoms with E-state index in [1.807, 2.05) is 0 Å². The maximum atomic E-state index is 12.2. The third-order valence-corrected chi connectivity index (χ3v) is 3.57. The molecule has 1 N–H and O–H groups in total. The van der Waals surface area contributed by atoms with Crippen LogP contribution in [0.2, 0.25) is 0 Å². The van der Waals surface area contributed by atoms with Crippen molar-refractivity contribution >= 4 is 17.5 Å². The average Bonchev–Trinajstić information content (AvgIpc) is 2.38. The van der Waals surface area contributed by atoms with Crippen molar-refractivity contribution in [3.8, 4) is 11.5 Å². The van der Waals surface area contributed by atoms with Crippen LogP contribution in [0.3, 0.4) is 0 Å². The van der Waals surface area contributed by atoms with Gasteiger partial charge in [0, 0.05) is 24.0 Å². The number of piperidine rings is 1. The topological polar surface area (TPSA) is 49.8 Å². The van der Waals surface area contributed by atoms with E-state index >= 15 is 0 Å². The molecule has 5 heteroatoms. The normalized spacial score (nSPS) is 16.7. The van der Waals surface area contributed by atoms with Gasteiger partial charge >= 0.3 is 0 Å². The number of aromatic hydroxyl groups is 1. The van der Waals surface area contributed by atoms with E-state index in [0.29, 0.717) is 24.4 Å². The molecular formula is C13H16ClNO3. The summed E-state index contributed by atoms with van der Waals surface area (Å²) in [7, 11) is 1.47. The molecule has 0 unspecified atom stereocenters. The summed E-state index contributed by atoms with van der Waals surface area (Å²) in [4.78, 5) is 14.0. The van der Waals surface area contributed by atoms with Crippen molar-refractivity contribution in [2.45, 2.75) is 18.2 Å². The number of methoxy groups -OCH3 is 1. The number of ether oxygens (including phenoxy) is 1. The molecule has 1 heterocycles. The Bertz CT molecular complexity index is 442. The second kappa shape index (κ2) is 5.48. The fourth-order valence-electron chi connectivity index (χ4n) is 2.06. The summed E-state index contributed by atoms with van der Waals surface area (Å²) in [6.45, 7) is 1.33. The van der Waals surface area contributed by atoms with Gasteiger partial charge < -0.3 is 14.7 Å². The molecule has 2 rings (SSSR count). The van der Waals surface area contributed by atoms with Crippen LogP contribution in [0.4, 0.5) is 0 Å². The van der Waals surface area contributed by atoms with E-state index in [9.17, 15) is 9.90 Å². The van der Waals surface area contributed by atoms with Crippen LogP contribution in [0, 0.1) is 0 Å². The summed E-state index contributed by atoms with van der Waals surface area (Å²) in [6, 6.07) is 4.69. The van der Waals surface area contributed by atoms with E-state index in [1.54, 1.807) is 17.0 Å². The van der Waals surface area contributed by atoms with Crippen molar-refractivity contribution in [3.63, 3.8) is 0 Å². The number of carbonyl (C=O) groups excluding carboxylic acids is 1. The standard InChI is InChI=1S/C13H16ClNO3/c1-18-12-3-2-9(8-11(12)16)13(17)15-6-4-10(14)5-7-15/h2-3,8,10,16H,4-7H2,1H3. The highest BCUT2D eigenvalue weighted by Crippen LogP contribution is 2.27. The minimum absolute atomic E-state index is 0.0180. The van der Waals surface area contributed by atoms with Gasteiger partial charge in [0.1, 0.15) is 0 Å². The number of amides is 1. The van der Waals surface area contributed by atoms with Gasteiger partial charge in [-0.25, -0.2) is 0 Å². The molecule has 0 aliphatic carbocycles. The third-order valence-electron chi connectivity index (χ3n) is 3.14. The zero-order chi connectivity index (χ0) is 13.1. The van der Waals surface area contributed by atoms with Crippen LogP contribution < -0.4 is 4.74 Å². The molecule has 0 saturated carbocycles. The number of carbonyl (C=O) groups is 1. The number of rotatable bonds is 2. The van der Waals surface area contributed by atoms with Gasteiger partial charge in [0.25, 0.3) is 5.91 Å². The molecule has 0 aromatic heterocycles. The lowest BCUT2D eigenvalue weighted by atomic mass is 10.1. The van der Waals surface area contributed by atoms with E-state index in [4.69, 9.17) is 16.3 Å². The van der Waals surface area contributed by atoms with Crippen LogP contribution in [0.1, 0.15) is 23.2 Å². The molecule has 1 saturated heterocycles. The molecule has 4 nitrogen and oxygen atoms in total. The van der Waals surface area contributed by atoms with Gasteiger partial charge in [-0.05, 0) is 31.0 Å². The molecule has 18 heavy (non-hydrogen) atoms. The predicted octanol–water partition coefficient (Wildman–Crippen LogP) is 2.24. The number of nitrogens with zero attached hydrogens (tertiary/aromatic N) is 1. The Morgan fingerprint density at radius 3 is 2.67 bits per heavy atom. The van der Waals surface area contributed by atoms with Crippen LogP contribution in [0.5, 0.6) is 11.5 Å². The summed E-state index contributed by atoms with van der Waals surface area (Å²) in [5.74, 6) is 0.276. The van der Waals surface area contributed by atoms with Crippen molar-refractivity contribution < 1.29 is 14.6 Å². The van der Waals surface area contributed by atoms with Gasteiger partial charge in [0.2, 0.25) is 0 Å². The van der Waals surface area contributed by atoms with Gasteiger partial charge in [-0.1, -0.05) is 0 Å². The fourth-order valence-corrected chi connectivity index (χ4v) is 2.25. The fraction of sp³-hybridized carbons (Fsp3) is 0.462. The van der Waals surface area contributed by atoms with Gasteiger partial charge in [0.15, 0.2) is 11.5 Å². The molecule has 1 aromatic rings. The molecule has 1 aliphatic rings. The number of phenolic OH excluding ortho intramolecular Hbond substituents is 1. The van der Waals surface area contributed by atoms with E-state index in [-0.39, 0.29) is 17.0 Å². The van der Waals surface area contributed by atoms with Gasteiger partial charge in [-0.3, -0.25) is 4.79 Å². The summed E-state index contributed by atoms with van der Waals surface area (Å²) < 4.78 is 4.95. The first-order chi connectivity index (χ1) is 8.61. The van der Waals surface area contributed by atoms with Crippen LogP contribution in [0.25, 0.3) is 0 Å². The number of likely N-dealkylation sites (tertiary alicyclic amines) is 1. The first-order valence-corrected chi connectivity index (χ1v) is 6.36. The molecule has 1 aliphatic heterocycles.